The minimum atomic E-state index is -0.218. The molecule has 0 unspecified atom stereocenters. The van der Waals surface area contributed by atoms with Crippen LogP contribution in [0, 0.1) is 12.8 Å². The molecule has 0 aliphatic carbocycles. The Bertz CT molecular complexity index is 1020. The molecular formula is C22H25N5O3S. The summed E-state index contributed by atoms with van der Waals surface area (Å²) >= 11 is 1.56. The molecule has 0 bridgehead atoms. The van der Waals surface area contributed by atoms with Crippen LogP contribution in [0.4, 0.5) is 5.82 Å². The van der Waals surface area contributed by atoms with Crippen LogP contribution in [0.2, 0.25) is 0 Å². The molecule has 1 N–H and O–H groups in total. The lowest BCUT2D eigenvalue weighted by Gasteiger charge is -2.32. The van der Waals surface area contributed by atoms with Gasteiger partial charge in [-0.3, -0.25) is 9.59 Å². The number of hydrogen-bond donors (Lipinski definition) is 1. The van der Waals surface area contributed by atoms with E-state index in [1.807, 2.05) is 30.5 Å². The number of rotatable bonds is 7. The maximum absolute atomic E-state index is 12.7. The highest BCUT2D eigenvalue weighted by molar-refractivity contribution is 7.13. The van der Waals surface area contributed by atoms with Gasteiger partial charge in [0.2, 0.25) is 23.5 Å². The third-order valence-corrected chi connectivity index (χ3v) is 6.16. The number of nitrogens with zero attached hydrogens (tertiary/aromatic N) is 4. The van der Waals surface area contributed by atoms with Gasteiger partial charge in [0.15, 0.2) is 0 Å². The standard InChI is InChI=1S/C22H25N5O3S/c1-15-9-10-18(23-13-15)24-22(29)16-5-3-11-27(14-16)20(28)8-2-7-19-25-21(26-30-19)17-6-4-12-31-17/h4,6,9-10,12-13,16H,2-3,5,7-8,11,14H2,1H3,(H,23,24,29)/t16-/m0/s1. The van der Waals surface area contributed by atoms with Crippen LogP contribution in [0.5, 0.6) is 0 Å². The van der Waals surface area contributed by atoms with Crippen LogP contribution in [-0.4, -0.2) is 44.9 Å². The van der Waals surface area contributed by atoms with E-state index in [2.05, 4.69) is 20.4 Å². The second kappa shape index (κ2) is 9.82. The summed E-state index contributed by atoms with van der Waals surface area (Å²) in [5.74, 6) is 1.43. The fraction of sp³-hybridized carbons (Fsp3) is 0.409. The molecule has 9 heteroatoms. The van der Waals surface area contributed by atoms with E-state index >= 15 is 0 Å². The first-order valence-electron chi connectivity index (χ1n) is 10.5. The minimum absolute atomic E-state index is 0.0592. The summed E-state index contributed by atoms with van der Waals surface area (Å²) in [7, 11) is 0. The molecule has 3 aromatic heterocycles. The van der Waals surface area contributed by atoms with Crippen molar-refractivity contribution in [2.45, 2.75) is 39.0 Å². The number of aromatic nitrogens is 3. The van der Waals surface area contributed by atoms with Crippen molar-refractivity contribution in [1.29, 1.82) is 0 Å². The fourth-order valence-corrected chi connectivity index (χ4v) is 4.25. The summed E-state index contributed by atoms with van der Waals surface area (Å²) < 4.78 is 5.29. The largest absolute Gasteiger partial charge is 0.342 e. The molecule has 0 spiro atoms. The molecule has 2 amide bonds. The molecule has 162 valence electrons. The monoisotopic (exact) mass is 439 g/mol. The normalized spacial score (nSPS) is 16.3. The molecule has 4 heterocycles. The number of likely N-dealkylation sites (tertiary alicyclic amines) is 1. The van der Waals surface area contributed by atoms with Crippen molar-refractivity contribution in [3.63, 3.8) is 0 Å². The van der Waals surface area contributed by atoms with Crippen LogP contribution in [0.3, 0.4) is 0 Å². The van der Waals surface area contributed by atoms with Crippen molar-refractivity contribution in [3.8, 4) is 10.7 Å². The number of nitrogens with one attached hydrogen (secondary N) is 1. The van der Waals surface area contributed by atoms with Gasteiger partial charge in [-0.25, -0.2) is 4.98 Å². The second-order valence-corrected chi connectivity index (χ2v) is 8.68. The van der Waals surface area contributed by atoms with E-state index < -0.39 is 0 Å². The Balaban J connectivity index is 1.24. The maximum Gasteiger partial charge on any atom is 0.230 e. The molecule has 1 aliphatic heterocycles. The van der Waals surface area contributed by atoms with Crippen molar-refractivity contribution in [1.82, 2.24) is 20.0 Å². The first kappa shape index (κ1) is 21.2. The summed E-state index contributed by atoms with van der Waals surface area (Å²) in [6.45, 7) is 3.08. The van der Waals surface area contributed by atoms with Gasteiger partial charge < -0.3 is 14.7 Å². The van der Waals surface area contributed by atoms with Crippen LogP contribution >= 0.6 is 11.3 Å². The van der Waals surface area contributed by atoms with Crippen LogP contribution in [0.1, 0.15) is 37.1 Å². The van der Waals surface area contributed by atoms with Crippen LogP contribution in [0.25, 0.3) is 10.7 Å². The second-order valence-electron chi connectivity index (χ2n) is 7.73. The zero-order valence-corrected chi connectivity index (χ0v) is 18.2. The van der Waals surface area contributed by atoms with Crippen molar-refractivity contribution in [2.24, 2.45) is 5.92 Å². The number of hydrogen-bond acceptors (Lipinski definition) is 7. The summed E-state index contributed by atoms with van der Waals surface area (Å²) in [6, 6.07) is 7.59. The number of carbonyl (C=O) groups excluding carboxylic acids is 2. The zero-order chi connectivity index (χ0) is 21.6. The highest BCUT2D eigenvalue weighted by Crippen LogP contribution is 2.22. The molecule has 4 rings (SSSR count). The predicted molar refractivity (Wildman–Crippen MR) is 117 cm³/mol. The van der Waals surface area contributed by atoms with Gasteiger partial charge in [-0.1, -0.05) is 17.3 Å². The smallest absolute Gasteiger partial charge is 0.230 e. The number of pyridine rings is 1. The van der Waals surface area contributed by atoms with Gasteiger partial charge in [0.05, 0.1) is 10.8 Å². The van der Waals surface area contributed by atoms with Gasteiger partial charge in [0.25, 0.3) is 0 Å². The highest BCUT2D eigenvalue weighted by Gasteiger charge is 2.28. The minimum Gasteiger partial charge on any atom is -0.342 e. The van der Waals surface area contributed by atoms with E-state index in [0.29, 0.717) is 49.9 Å². The van der Waals surface area contributed by atoms with Gasteiger partial charge >= 0.3 is 0 Å². The van der Waals surface area contributed by atoms with Gasteiger partial charge in [-0.15, -0.1) is 11.3 Å². The fourth-order valence-electron chi connectivity index (χ4n) is 3.60. The van der Waals surface area contributed by atoms with Crippen molar-refractivity contribution in [2.75, 3.05) is 18.4 Å². The van der Waals surface area contributed by atoms with Crippen molar-refractivity contribution >= 4 is 29.0 Å². The molecule has 3 aromatic rings. The van der Waals surface area contributed by atoms with E-state index in [1.165, 1.54) is 0 Å². The van der Waals surface area contributed by atoms with E-state index in [1.54, 1.807) is 28.5 Å². The van der Waals surface area contributed by atoms with Crippen LogP contribution in [0.15, 0.2) is 40.4 Å². The number of piperidine rings is 1. The molecule has 1 saturated heterocycles. The van der Waals surface area contributed by atoms with Crippen molar-refractivity contribution < 1.29 is 14.1 Å². The average Bonchev–Trinajstić information content (AvgIpc) is 3.47. The van der Waals surface area contributed by atoms with E-state index in [4.69, 9.17) is 4.52 Å². The van der Waals surface area contributed by atoms with Gasteiger partial charge in [-0.2, -0.15) is 4.98 Å². The number of thiophene rings is 1. The predicted octanol–water partition coefficient (Wildman–Crippen LogP) is 3.70. The Morgan fingerprint density at radius 3 is 3.00 bits per heavy atom. The highest BCUT2D eigenvalue weighted by atomic mass is 32.1. The zero-order valence-electron chi connectivity index (χ0n) is 17.4. The first-order valence-corrected chi connectivity index (χ1v) is 11.3. The van der Waals surface area contributed by atoms with E-state index in [0.717, 1.165) is 23.3 Å². The molecule has 1 atom stereocenters. The average molecular weight is 440 g/mol. The van der Waals surface area contributed by atoms with Crippen LogP contribution < -0.4 is 5.32 Å². The van der Waals surface area contributed by atoms with Crippen LogP contribution in [-0.2, 0) is 16.0 Å². The Morgan fingerprint density at radius 1 is 1.32 bits per heavy atom. The molecule has 8 nitrogen and oxygen atoms in total. The Morgan fingerprint density at radius 2 is 2.23 bits per heavy atom. The third-order valence-electron chi connectivity index (χ3n) is 5.30. The molecule has 0 saturated carbocycles. The summed E-state index contributed by atoms with van der Waals surface area (Å²) in [6.07, 6.45) is 4.89. The molecular weight excluding hydrogens is 414 g/mol. The first-order chi connectivity index (χ1) is 15.1. The lowest BCUT2D eigenvalue weighted by atomic mass is 9.96. The van der Waals surface area contributed by atoms with Crippen molar-refractivity contribution in [3.05, 3.63) is 47.3 Å². The van der Waals surface area contributed by atoms with E-state index in [-0.39, 0.29) is 17.7 Å². The Kier molecular flexibility index (Phi) is 6.71. The number of amides is 2. The molecule has 1 fully saturated rings. The molecule has 31 heavy (non-hydrogen) atoms. The van der Waals surface area contributed by atoms with E-state index in [9.17, 15) is 9.59 Å². The summed E-state index contributed by atoms with van der Waals surface area (Å²) in [5, 5.41) is 8.82. The van der Waals surface area contributed by atoms with Gasteiger partial charge in [0.1, 0.15) is 5.82 Å². The molecule has 0 aromatic carbocycles. The molecule has 1 aliphatic rings. The Labute approximate surface area is 184 Å². The number of carbonyl (C=O) groups is 2. The van der Waals surface area contributed by atoms with Gasteiger partial charge in [-0.05, 0) is 49.3 Å². The maximum atomic E-state index is 12.7. The Hall–Kier alpha value is -3.07. The SMILES string of the molecule is Cc1ccc(NC(=O)[C@H]2CCCN(C(=O)CCCc3nc(-c4cccs4)no3)C2)nc1. The lowest BCUT2D eigenvalue weighted by Crippen LogP contribution is -2.43. The molecule has 0 radical (unpaired) electrons. The van der Waals surface area contributed by atoms with Gasteiger partial charge in [0, 0.05) is 32.1 Å². The summed E-state index contributed by atoms with van der Waals surface area (Å²) in [4.78, 5) is 36.6. The summed E-state index contributed by atoms with van der Waals surface area (Å²) in [5.41, 5.74) is 1.04. The quantitative estimate of drug-likeness (QED) is 0.602. The number of aryl methyl sites for hydroxylation is 2. The number of anilines is 1. The topological polar surface area (TPSA) is 101 Å². The lowest BCUT2D eigenvalue weighted by molar-refractivity contribution is -0.134. The third kappa shape index (κ3) is 5.55.